The lowest BCUT2D eigenvalue weighted by Gasteiger charge is -2.10. The van der Waals surface area contributed by atoms with Crippen molar-refractivity contribution in [1.29, 1.82) is 0 Å². The lowest BCUT2D eigenvalue weighted by Crippen LogP contribution is -2.05. The molecule has 3 aromatic rings. The van der Waals surface area contributed by atoms with Crippen LogP contribution in [0.5, 0.6) is 5.75 Å². The third kappa shape index (κ3) is 3.27. The number of rotatable bonds is 6. The van der Waals surface area contributed by atoms with Gasteiger partial charge in [0.25, 0.3) is 0 Å². The van der Waals surface area contributed by atoms with Crippen LogP contribution in [0.4, 0.5) is 0 Å². The molecule has 0 aliphatic heterocycles. The number of aromatic nitrogens is 3. The average Bonchev–Trinajstić information content (AvgIpc) is 3.08. The van der Waals surface area contributed by atoms with Gasteiger partial charge in [-0.2, -0.15) is 0 Å². The zero-order chi connectivity index (χ0) is 14.7. The molecule has 2 aromatic heterocycles. The molecule has 0 saturated carbocycles. The van der Waals surface area contributed by atoms with Gasteiger partial charge in [-0.25, -0.2) is 4.98 Å². The second-order valence-electron chi connectivity index (χ2n) is 5.55. The minimum atomic E-state index is 0.208. The fourth-order valence-electron chi connectivity index (χ4n) is 2.56. The number of benzene rings is 1. The lowest BCUT2D eigenvalue weighted by molar-refractivity contribution is 0.243. The Bertz CT molecular complexity index is 698. The van der Waals surface area contributed by atoms with Crippen molar-refractivity contribution < 1.29 is 4.74 Å². The van der Waals surface area contributed by atoms with Crippen molar-refractivity contribution in [2.45, 2.75) is 39.5 Å². The second-order valence-corrected chi connectivity index (χ2v) is 5.55. The van der Waals surface area contributed by atoms with Crippen LogP contribution in [-0.4, -0.2) is 20.2 Å². The molecule has 0 spiro atoms. The predicted molar refractivity (Wildman–Crippen MR) is 84.5 cm³/mol. The van der Waals surface area contributed by atoms with Gasteiger partial charge in [-0.15, -0.1) is 0 Å². The third-order valence-corrected chi connectivity index (χ3v) is 3.49. The van der Waals surface area contributed by atoms with E-state index in [2.05, 4.69) is 44.6 Å². The summed E-state index contributed by atoms with van der Waals surface area (Å²) in [4.78, 5) is 4.06. The Balaban J connectivity index is 1.68. The van der Waals surface area contributed by atoms with Crippen LogP contribution in [0.1, 0.15) is 20.3 Å². The van der Waals surface area contributed by atoms with Crippen LogP contribution < -0.4 is 4.74 Å². The first kappa shape index (κ1) is 13.7. The van der Waals surface area contributed by atoms with Gasteiger partial charge in [0.15, 0.2) is 0 Å². The summed E-state index contributed by atoms with van der Waals surface area (Å²) < 4.78 is 10.2. The van der Waals surface area contributed by atoms with Crippen molar-refractivity contribution >= 4 is 10.9 Å². The van der Waals surface area contributed by atoms with E-state index in [0.29, 0.717) is 0 Å². The Morgan fingerprint density at radius 1 is 1.14 bits per heavy atom. The molecule has 0 atom stereocenters. The molecule has 0 radical (unpaired) electrons. The third-order valence-electron chi connectivity index (χ3n) is 3.49. The fourth-order valence-corrected chi connectivity index (χ4v) is 2.56. The first-order valence-electron chi connectivity index (χ1n) is 7.43. The molecule has 0 bridgehead atoms. The molecule has 4 nitrogen and oxygen atoms in total. The Morgan fingerprint density at radius 2 is 2.05 bits per heavy atom. The number of fused-ring (bicyclic) bond motifs is 1. The van der Waals surface area contributed by atoms with Crippen molar-refractivity contribution in [3.8, 4) is 5.75 Å². The van der Waals surface area contributed by atoms with E-state index in [1.54, 1.807) is 0 Å². The number of hydrogen-bond acceptors (Lipinski definition) is 2. The molecule has 0 saturated heterocycles. The van der Waals surface area contributed by atoms with Gasteiger partial charge in [0.05, 0.1) is 12.4 Å². The summed E-state index contributed by atoms with van der Waals surface area (Å²) in [5.74, 6) is 0.939. The highest BCUT2D eigenvalue weighted by molar-refractivity contribution is 5.81. The van der Waals surface area contributed by atoms with Crippen molar-refractivity contribution in [2.75, 3.05) is 0 Å². The molecule has 0 fully saturated rings. The molecule has 110 valence electrons. The zero-order valence-corrected chi connectivity index (χ0v) is 12.6. The SMILES string of the molecule is CC(C)Oc1ccc2c(ccn2CCCn2ccnc2)c1. The summed E-state index contributed by atoms with van der Waals surface area (Å²) in [7, 11) is 0. The number of aryl methyl sites for hydroxylation is 2. The summed E-state index contributed by atoms with van der Waals surface area (Å²) in [6.07, 6.45) is 9.13. The molecule has 2 heterocycles. The highest BCUT2D eigenvalue weighted by atomic mass is 16.5. The van der Waals surface area contributed by atoms with E-state index in [-0.39, 0.29) is 6.10 Å². The van der Waals surface area contributed by atoms with Gasteiger partial charge in [-0.1, -0.05) is 0 Å². The van der Waals surface area contributed by atoms with Crippen LogP contribution in [0.2, 0.25) is 0 Å². The van der Waals surface area contributed by atoms with Gasteiger partial charge in [-0.05, 0) is 44.5 Å². The molecule has 4 heteroatoms. The van der Waals surface area contributed by atoms with Gasteiger partial charge < -0.3 is 13.9 Å². The van der Waals surface area contributed by atoms with E-state index >= 15 is 0 Å². The average molecular weight is 283 g/mol. The molecule has 0 aliphatic rings. The van der Waals surface area contributed by atoms with E-state index in [4.69, 9.17) is 4.74 Å². The normalized spacial score (nSPS) is 11.4. The van der Waals surface area contributed by atoms with Gasteiger partial charge in [0.1, 0.15) is 5.75 Å². The highest BCUT2D eigenvalue weighted by Gasteiger charge is 2.04. The lowest BCUT2D eigenvalue weighted by atomic mass is 10.2. The van der Waals surface area contributed by atoms with E-state index in [1.165, 1.54) is 10.9 Å². The van der Waals surface area contributed by atoms with Crippen molar-refractivity contribution in [3.05, 3.63) is 49.2 Å². The largest absolute Gasteiger partial charge is 0.491 e. The molecule has 0 aliphatic carbocycles. The van der Waals surface area contributed by atoms with Crippen LogP contribution in [0, 0.1) is 0 Å². The van der Waals surface area contributed by atoms with Gasteiger partial charge in [0.2, 0.25) is 0 Å². The molecule has 3 rings (SSSR count). The number of nitrogens with zero attached hydrogens (tertiary/aromatic N) is 3. The van der Waals surface area contributed by atoms with Crippen molar-refractivity contribution in [2.24, 2.45) is 0 Å². The molecule has 0 N–H and O–H groups in total. The Morgan fingerprint density at radius 3 is 2.81 bits per heavy atom. The van der Waals surface area contributed by atoms with E-state index in [1.807, 2.05) is 32.6 Å². The standard InChI is InChI=1S/C17H21N3O/c1-14(2)21-16-4-5-17-15(12-16)6-10-20(17)9-3-8-19-11-7-18-13-19/h4-7,10-14H,3,8-9H2,1-2H3. The summed E-state index contributed by atoms with van der Waals surface area (Å²) in [6.45, 7) is 6.09. The van der Waals surface area contributed by atoms with E-state index in [0.717, 1.165) is 25.3 Å². The topological polar surface area (TPSA) is 32.0 Å². The molecule has 0 amide bonds. The quantitative estimate of drug-likeness (QED) is 0.690. The van der Waals surface area contributed by atoms with Crippen LogP contribution in [0.3, 0.4) is 0 Å². The number of imidazole rings is 1. The van der Waals surface area contributed by atoms with Crippen molar-refractivity contribution in [1.82, 2.24) is 14.1 Å². The van der Waals surface area contributed by atoms with Crippen molar-refractivity contribution in [3.63, 3.8) is 0 Å². The van der Waals surface area contributed by atoms with Gasteiger partial charge in [0, 0.05) is 42.6 Å². The number of hydrogen-bond donors (Lipinski definition) is 0. The molecule has 1 aromatic carbocycles. The Kier molecular flexibility index (Phi) is 3.95. The second kappa shape index (κ2) is 6.04. The van der Waals surface area contributed by atoms with Gasteiger partial charge in [-0.3, -0.25) is 0 Å². The maximum absolute atomic E-state index is 5.74. The van der Waals surface area contributed by atoms with Crippen LogP contribution in [0.25, 0.3) is 10.9 Å². The fraction of sp³-hybridized carbons (Fsp3) is 0.353. The highest BCUT2D eigenvalue weighted by Crippen LogP contribution is 2.23. The molecule has 21 heavy (non-hydrogen) atoms. The molecular weight excluding hydrogens is 262 g/mol. The minimum Gasteiger partial charge on any atom is -0.491 e. The molecule has 0 unspecified atom stereocenters. The summed E-state index contributed by atoms with van der Waals surface area (Å²) in [5, 5.41) is 1.23. The first-order valence-corrected chi connectivity index (χ1v) is 7.43. The maximum atomic E-state index is 5.74. The van der Waals surface area contributed by atoms with Crippen LogP contribution in [0.15, 0.2) is 49.2 Å². The first-order chi connectivity index (χ1) is 10.2. The monoisotopic (exact) mass is 283 g/mol. The minimum absolute atomic E-state index is 0.208. The maximum Gasteiger partial charge on any atom is 0.120 e. The van der Waals surface area contributed by atoms with E-state index < -0.39 is 0 Å². The summed E-state index contributed by atoms with van der Waals surface area (Å²) in [6, 6.07) is 8.46. The van der Waals surface area contributed by atoms with Gasteiger partial charge >= 0.3 is 0 Å². The van der Waals surface area contributed by atoms with E-state index in [9.17, 15) is 0 Å². The summed E-state index contributed by atoms with van der Waals surface area (Å²) >= 11 is 0. The van der Waals surface area contributed by atoms with Crippen LogP contribution in [-0.2, 0) is 13.1 Å². The molecular formula is C17H21N3O. The van der Waals surface area contributed by atoms with Crippen LogP contribution >= 0.6 is 0 Å². The Hall–Kier alpha value is -2.23. The predicted octanol–water partition coefficient (Wildman–Crippen LogP) is 3.72. The smallest absolute Gasteiger partial charge is 0.120 e. The summed E-state index contributed by atoms with van der Waals surface area (Å²) in [5.41, 5.74) is 1.26. The zero-order valence-electron chi connectivity index (χ0n) is 12.6. The number of ether oxygens (including phenoxy) is 1. The Labute approximate surface area is 125 Å².